The lowest BCUT2D eigenvalue weighted by Crippen LogP contribution is -1.95. The Morgan fingerprint density at radius 3 is 2.38 bits per heavy atom. The number of ether oxygens (including phenoxy) is 1. The minimum atomic E-state index is -0.751. The van der Waals surface area contributed by atoms with Crippen molar-refractivity contribution in [3.63, 3.8) is 0 Å². The molecule has 2 N–H and O–H groups in total. The lowest BCUT2D eigenvalue weighted by atomic mass is 10.9. The fraction of sp³-hybridized carbons (Fsp3) is 0.667. The average Bonchev–Trinajstić information content (AvgIpc) is 1.61. The van der Waals surface area contributed by atoms with Gasteiger partial charge in [0.1, 0.15) is 6.61 Å². The van der Waals surface area contributed by atoms with Gasteiger partial charge in [0.2, 0.25) is 0 Å². The zero-order chi connectivity index (χ0) is 5.70. The Morgan fingerprint density at radius 2 is 2.25 bits per heavy atom. The quantitative estimate of drug-likeness (QED) is 0.497. The number of hydrogen-bond donors (Lipinski definition) is 0. The Morgan fingerprint density at radius 1 is 1.75 bits per heavy atom. The summed E-state index contributed by atoms with van der Waals surface area (Å²) < 4.78 is 4.27. The van der Waals surface area contributed by atoms with E-state index in [9.17, 15) is 4.79 Å². The average molecular weight is 205 g/mol. The van der Waals surface area contributed by atoms with Crippen molar-refractivity contribution in [3.05, 3.63) is 0 Å². The summed E-state index contributed by atoms with van der Waals surface area (Å²) in [5, 5.41) is 0.630. The zero-order valence-corrected chi connectivity index (χ0v) is 6.33. The van der Waals surface area contributed by atoms with Crippen LogP contribution in [0.3, 0.4) is 0 Å². The van der Waals surface area contributed by atoms with Gasteiger partial charge in [-0.05, 0) is 0 Å². The number of hydrogen-bond acceptors (Lipinski definition) is 2. The zero-order valence-electron chi connectivity index (χ0n) is 3.99. The third kappa shape index (κ3) is 9.50. The van der Waals surface area contributed by atoms with Gasteiger partial charge in [-0.1, -0.05) is 15.9 Å². The highest BCUT2D eigenvalue weighted by atomic mass is 79.9. The number of carbonyl (C=O) groups excluding carboxylic acids is 1. The molecule has 0 aromatic rings. The van der Waals surface area contributed by atoms with Gasteiger partial charge in [0.25, 0.3) is 0 Å². The van der Waals surface area contributed by atoms with Crippen molar-refractivity contribution < 1.29 is 15.0 Å². The summed E-state index contributed by atoms with van der Waals surface area (Å²) in [6.45, 7) is 0.336. The minimum absolute atomic E-state index is 0. The lowest BCUT2D eigenvalue weighted by molar-refractivity contribution is 0.181. The highest BCUT2D eigenvalue weighted by Crippen LogP contribution is 1.87. The molecular weight excluding hydrogens is 199 g/mol. The number of halogens is 2. The molecule has 0 fully saturated rings. The third-order valence-electron chi connectivity index (χ3n) is 0.293. The third-order valence-corrected chi connectivity index (χ3v) is 0.726. The van der Waals surface area contributed by atoms with E-state index in [-0.39, 0.29) is 5.48 Å². The monoisotopic (exact) mass is 204 g/mol. The summed E-state index contributed by atoms with van der Waals surface area (Å²) in [7, 11) is 0. The van der Waals surface area contributed by atoms with Gasteiger partial charge in [-0.25, -0.2) is 4.79 Å². The predicted molar refractivity (Wildman–Crippen MR) is 34.6 cm³/mol. The fourth-order valence-corrected chi connectivity index (χ4v) is 0.358. The maximum Gasteiger partial charge on any atom is 0.403 e. The van der Waals surface area contributed by atoms with Crippen LogP contribution in [0.5, 0.6) is 0 Å². The van der Waals surface area contributed by atoms with E-state index < -0.39 is 5.43 Å². The molecule has 0 rings (SSSR count). The van der Waals surface area contributed by atoms with Crippen LogP contribution in [0.25, 0.3) is 0 Å². The maximum atomic E-state index is 9.73. The van der Waals surface area contributed by atoms with Gasteiger partial charge in [-0.3, -0.25) is 0 Å². The van der Waals surface area contributed by atoms with Crippen LogP contribution in [0.15, 0.2) is 0 Å². The summed E-state index contributed by atoms with van der Waals surface area (Å²) in [5.74, 6) is 0. The molecule has 0 radical (unpaired) electrons. The summed E-state index contributed by atoms with van der Waals surface area (Å²) in [6, 6.07) is 0. The van der Waals surface area contributed by atoms with Crippen LogP contribution in [0.1, 0.15) is 0 Å². The van der Waals surface area contributed by atoms with E-state index in [4.69, 9.17) is 11.6 Å². The largest absolute Gasteiger partial charge is 0.453 e. The summed E-state index contributed by atoms with van der Waals surface area (Å²) in [4.78, 5) is 9.73. The number of rotatable bonds is 2. The molecule has 0 aromatic carbocycles. The molecule has 0 aliphatic rings. The van der Waals surface area contributed by atoms with E-state index in [1.807, 2.05) is 0 Å². The van der Waals surface area contributed by atoms with Crippen LogP contribution in [-0.4, -0.2) is 22.8 Å². The molecule has 5 heteroatoms. The van der Waals surface area contributed by atoms with E-state index in [2.05, 4.69) is 20.7 Å². The van der Waals surface area contributed by atoms with Gasteiger partial charge < -0.3 is 10.2 Å². The second-order valence-corrected chi connectivity index (χ2v) is 1.88. The van der Waals surface area contributed by atoms with Crippen molar-refractivity contribution in [3.8, 4) is 0 Å². The first kappa shape index (κ1) is 11.1. The van der Waals surface area contributed by atoms with Gasteiger partial charge in [-0.15, -0.1) is 0 Å². The Labute approximate surface area is 60.4 Å². The molecule has 0 saturated carbocycles. The molecule has 50 valence electrons. The van der Waals surface area contributed by atoms with Gasteiger partial charge in [0, 0.05) is 16.9 Å². The molecule has 0 aromatic heterocycles. The second kappa shape index (κ2) is 7.20. The Hall–Kier alpha value is 0.200. The summed E-state index contributed by atoms with van der Waals surface area (Å²) >= 11 is 7.82. The Balaban J connectivity index is 0. The fourth-order valence-electron chi connectivity index (χ4n) is 0.119. The Kier molecular flexibility index (Phi) is 9.95. The molecule has 0 atom stereocenters. The molecule has 0 amide bonds. The molecule has 0 aliphatic carbocycles. The highest BCUT2D eigenvalue weighted by molar-refractivity contribution is 9.09. The van der Waals surface area contributed by atoms with Crippen molar-refractivity contribution in [2.24, 2.45) is 0 Å². The normalized spacial score (nSPS) is 7.25. The number of alkyl halides is 1. The first-order valence-corrected chi connectivity index (χ1v) is 3.15. The Bertz CT molecular complexity index is 67.5. The van der Waals surface area contributed by atoms with Crippen molar-refractivity contribution >= 4 is 33.0 Å². The van der Waals surface area contributed by atoms with Gasteiger partial charge >= 0.3 is 5.43 Å². The topological polar surface area (TPSA) is 57.8 Å². The lowest BCUT2D eigenvalue weighted by Gasteiger charge is -1.90. The molecular formula is C3H6BrClO3. The number of carbonyl (C=O) groups is 1. The minimum Gasteiger partial charge on any atom is -0.453 e. The van der Waals surface area contributed by atoms with Crippen molar-refractivity contribution in [1.29, 1.82) is 0 Å². The predicted octanol–water partition coefficient (Wildman–Crippen LogP) is 0.932. The maximum absolute atomic E-state index is 9.73. The van der Waals surface area contributed by atoms with E-state index in [1.165, 1.54) is 0 Å². The van der Waals surface area contributed by atoms with Crippen molar-refractivity contribution in [2.45, 2.75) is 0 Å². The second-order valence-electron chi connectivity index (χ2n) is 0.775. The van der Waals surface area contributed by atoms with Crippen LogP contribution >= 0.6 is 27.5 Å². The van der Waals surface area contributed by atoms with E-state index in [0.29, 0.717) is 11.9 Å². The van der Waals surface area contributed by atoms with Crippen molar-refractivity contribution in [2.75, 3.05) is 11.9 Å². The highest BCUT2D eigenvalue weighted by Gasteiger charge is 1.89. The first-order chi connectivity index (χ1) is 3.27. The molecule has 3 nitrogen and oxygen atoms in total. The summed E-state index contributed by atoms with van der Waals surface area (Å²) in [6.07, 6.45) is 0. The first-order valence-electron chi connectivity index (χ1n) is 1.65. The van der Waals surface area contributed by atoms with Gasteiger partial charge in [0.05, 0.1) is 0 Å². The smallest absolute Gasteiger partial charge is 0.403 e. The van der Waals surface area contributed by atoms with E-state index >= 15 is 0 Å². The molecule has 0 heterocycles. The molecule has 8 heavy (non-hydrogen) atoms. The molecule has 0 unspecified atom stereocenters. The van der Waals surface area contributed by atoms with Crippen molar-refractivity contribution in [1.82, 2.24) is 0 Å². The van der Waals surface area contributed by atoms with Crippen LogP contribution < -0.4 is 0 Å². The van der Waals surface area contributed by atoms with Gasteiger partial charge in [-0.2, -0.15) is 0 Å². The van der Waals surface area contributed by atoms with Gasteiger partial charge in [0.15, 0.2) is 0 Å². The molecule has 0 saturated heterocycles. The van der Waals surface area contributed by atoms with Crippen LogP contribution in [0.2, 0.25) is 0 Å². The summed E-state index contributed by atoms with van der Waals surface area (Å²) in [5.41, 5.74) is -0.751. The van der Waals surface area contributed by atoms with E-state index in [0.717, 1.165) is 0 Å². The van der Waals surface area contributed by atoms with E-state index in [1.54, 1.807) is 0 Å². The molecule has 0 aliphatic heterocycles. The standard InChI is InChI=1S/C3H4BrClO2.H2O/c4-1-2-7-3(5)6;/h1-2H2;1H2. The molecule has 0 bridgehead atoms. The van der Waals surface area contributed by atoms with Crippen LogP contribution in [-0.2, 0) is 4.74 Å². The van der Waals surface area contributed by atoms with Crippen LogP contribution in [0.4, 0.5) is 4.79 Å². The van der Waals surface area contributed by atoms with Crippen LogP contribution in [0, 0.1) is 0 Å². The molecule has 0 spiro atoms. The SMILES string of the molecule is O.O=C(Cl)OCCBr.